The second-order valence-electron chi connectivity index (χ2n) is 15.6. The minimum Gasteiger partial charge on any atom is -0.309 e. The standard InChI is InChI=1S/C49H41N/c1-47(2)39-22-13-14-25-44(39)50-45-29-27-33(31-43(45)48(3,4)41-24-15-23-40(47)46(41)50)32-26-28-37-36-20-11-12-21-38(36)49(42(37)30-32,34-16-7-5-8-17-34)35-18-9-6-10-19-35/h5,7-9,11-31H,6,10H2,1-4H3. The fraction of sp³-hybridized carbons (Fsp3) is 0.184. The molecule has 2 aliphatic carbocycles. The van der Waals surface area contributed by atoms with E-state index >= 15 is 0 Å². The summed E-state index contributed by atoms with van der Waals surface area (Å²) in [6, 6.07) is 50.7. The first kappa shape index (κ1) is 29.5. The molecule has 1 nitrogen and oxygen atoms in total. The highest BCUT2D eigenvalue weighted by Crippen LogP contribution is 2.61. The first-order valence-electron chi connectivity index (χ1n) is 18.2. The van der Waals surface area contributed by atoms with E-state index in [9.17, 15) is 0 Å². The third-order valence-electron chi connectivity index (χ3n) is 12.3. The molecule has 0 spiro atoms. The van der Waals surface area contributed by atoms with Crippen molar-refractivity contribution in [1.29, 1.82) is 0 Å². The lowest BCUT2D eigenvalue weighted by molar-refractivity contribution is 0.597. The van der Waals surface area contributed by atoms with Crippen LogP contribution < -0.4 is 4.90 Å². The lowest BCUT2D eigenvalue weighted by Crippen LogP contribution is -2.38. The third kappa shape index (κ3) is 3.73. The van der Waals surface area contributed by atoms with Crippen molar-refractivity contribution >= 4 is 17.1 Å². The number of allylic oxidation sites excluding steroid dienone is 4. The van der Waals surface area contributed by atoms with Crippen molar-refractivity contribution in [3.8, 4) is 22.3 Å². The van der Waals surface area contributed by atoms with Gasteiger partial charge in [0.05, 0.1) is 22.5 Å². The lowest BCUT2D eigenvalue weighted by Gasteiger charge is -2.49. The summed E-state index contributed by atoms with van der Waals surface area (Å²) in [7, 11) is 0. The highest BCUT2D eigenvalue weighted by molar-refractivity contribution is 5.94. The Morgan fingerprint density at radius 2 is 1.08 bits per heavy atom. The summed E-state index contributed by atoms with van der Waals surface area (Å²) in [6.45, 7) is 9.59. The van der Waals surface area contributed by atoms with E-state index in [4.69, 9.17) is 0 Å². The van der Waals surface area contributed by atoms with Gasteiger partial charge in [0.1, 0.15) is 0 Å². The van der Waals surface area contributed by atoms with Gasteiger partial charge < -0.3 is 4.90 Å². The van der Waals surface area contributed by atoms with Gasteiger partial charge in [-0.25, -0.2) is 0 Å². The van der Waals surface area contributed by atoms with E-state index in [1.54, 1.807) is 0 Å². The normalized spacial score (nSPS) is 19.8. The van der Waals surface area contributed by atoms with Gasteiger partial charge in [0.15, 0.2) is 0 Å². The number of hydrogen-bond donors (Lipinski definition) is 0. The molecule has 10 rings (SSSR count). The smallest absolute Gasteiger partial charge is 0.0710 e. The molecule has 0 amide bonds. The highest BCUT2D eigenvalue weighted by Gasteiger charge is 2.48. The SMILES string of the molecule is CC1(C)c2ccccc2N2c3ccc(-c4ccc5c(c4)C(C4=CCCC=C4)(c4ccccc4)c4ccccc4-5)cc3C(C)(C)c3cccc1c32. The molecule has 6 aromatic carbocycles. The predicted molar refractivity (Wildman–Crippen MR) is 209 cm³/mol. The summed E-state index contributed by atoms with van der Waals surface area (Å²) in [5.74, 6) is 0. The molecule has 0 saturated carbocycles. The number of para-hydroxylation sites is 2. The van der Waals surface area contributed by atoms with E-state index in [1.165, 1.54) is 83.8 Å². The van der Waals surface area contributed by atoms with E-state index in [0.717, 1.165) is 12.8 Å². The average Bonchev–Trinajstić information content (AvgIpc) is 3.46. The van der Waals surface area contributed by atoms with Crippen LogP contribution in [0.15, 0.2) is 157 Å². The fourth-order valence-corrected chi connectivity index (χ4v) is 9.89. The number of anilines is 3. The summed E-state index contributed by atoms with van der Waals surface area (Å²) in [5.41, 5.74) is 19.5. The predicted octanol–water partition coefficient (Wildman–Crippen LogP) is 12.7. The van der Waals surface area contributed by atoms with Crippen LogP contribution in [-0.2, 0) is 16.2 Å². The second kappa shape index (κ2) is 10.3. The Kier molecular flexibility index (Phi) is 6.09. The molecule has 1 heteroatoms. The van der Waals surface area contributed by atoms with Crippen LogP contribution in [0.4, 0.5) is 17.1 Å². The van der Waals surface area contributed by atoms with Crippen LogP contribution in [0.3, 0.4) is 0 Å². The summed E-state index contributed by atoms with van der Waals surface area (Å²) >= 11 is 0. The maximum atomic E-state index is 2.55. The molecule has 0 bridgehead atoms. The molecular formula is C49H41N. The number of fused-ring (bicyclic) bond motifs is 7. The Hall–Kier alpha value is -5.40. The Balaban J connectivity index is 1.20. The van der Waals surface area contributed by atoms with Crippen LogP contribution in [0.1, 0.15) is 79.5 Å². The van der Waals surface area contributed by atoms with Crippen molar-refractivity contribution in [1.82, 2.24) is 0 Å². The Bertz CT molecular complexity index is 2440. The van der Waals surface area contributed by atoms with Crippen molar-refractivity contribution in [3.05, 3.63) is 196 Å². The zero-order chi connectivity index (χ0) is 33.8. The number of benzene rings is 6. The number of hydrogen-bond acceptors (Lipinski definition) is 1. The van der Waals surface area contributed by atoms with E-state index < -0.39 is 0 Å². The zero-order valence-corrected chi connectivity index (χ0v) is 29.3. The van der Waals surface area contributed by atoms with Gasteiger partial charge in [-0.15, -0.1) is 0 Å². The summed E-state index contributed by atoms with van der Waals surface area (Å²) in [4.78, 5) is 2.55. The van der Waals surface area contributed by atoms with Crippen molar-refractivity contribution in [2.75, 3.05) is 4.90 Å². The van der Waals surface area contributed by atoms with Crippen LogP contribution >= 0.6 is 0 Å². The summed E-state index contributed by atoms with van der Waals surface area (Å²) in [5, 5.41) is 0. The molecule has 6 aromatic rings. The molecule has 0 saturated heterocycles. The Labute approximate surface area is 296 Å². The van der Waals surface area contributed by atoms with Crippen LogP contribution in [0.25, 0.3) is 22.3 Å². The first-order chi connectivity index (χ1) is 24.3. The fourth-order valence-electron chi connectivity index (χ4n) is 9.89. The molecule has 1 unspecified atom stereocenters. The van der Waals surface area contributed by atoms with Gasteiger partial charge in [-0.3, -0.25) is 0 Å². The van der Waals surface area contributed by atoms with Crippen molar-refractivity contribution < 1.29 is 0 Å². The average molecular weight is 644 g/mol. The van der Waals surface area contributed by atoms with Gasteiger partial charge in [-0.1, -0.05) is 155 Å². The second-order valence-corrected chi connectivity index (χ2v) is 15.6. The van der Waals surface area contributed by atoms with Gasteiger partial charge in [0.25, 0.3) is 0 Å². The van der Waals surface area contributed by atoms with Gasteiger partial charge in [-0.2, -0.15) is 0 Å². The maximum absolute atomic E-state index is 2.55. The van der Waals surface area contributed by atoms with Crippen molar-refractivity contribution in [2.45, 2.75) is 56.8 Å². The molecule has 1 atom stereocenters. The Morgan fingerprint density at radius 3 is 1.84 bits per heavy atom. The molecule has 0 N–H and O–H groups in total. The van der Waals surface area contributed by atoms with E-state index in [2.05, 4.69) is 184 Å². The minimum absolute atomic E-state index is 0.0812. The van der Waals surface area contributed by atoms with Crippen LogP contribution in [0.2, 0.25) is 0 Å². The lowest BCUT2D eigenvalue weighted by atomic mass is 9.65. The first-order valence-corrected chi connectivity index (χ1v) is 18.2. The molecule has 0 fully saturated rings. The molecular weight excluding hydrogens is 603 g/mol. The number of rotatable bonds is 3. The quantitative estimate of drug-likeness (QED) is 0.185. The van der Waals surface area contributed by atoms with Gasteiger partial charge >= 0.3 is 0 Å². The van der Waals surface area contributed by atoms with Crippen LogP contribution in [0, 0.1) is 0 Å². The Morgan fingerprint density at radius 1 is 0.480 bits per heavy atom. The maximum Gasteiger partial charge on any atom is 0.0710 e. The van der Waals surface area contributed by atoms with Gasteiger partial charge in [0, 0.05) is 10.8 Å². The highest BCUT2D eigenvalue weighted by atomic mass is 15.2. The molecule has 242 valence electrons. The van der Waals surface area contributed by atoms with E-state index in [-0.39, 0.29) is 16.2 Å². The molecule has 2 heterocycles. The molecule has 4 aliphatic rings. The van der Waals surface area contributed by atoms with Crippen molar-refractivity contribution in [3.63, 3.8) is 0 Å². The molecule has 0 radical (unpaired) electrons. The number of nitrogens with zero attached hydrogens (tertiary/aromatic N) is 1. The minimum atomic E-state index is -0.368. The van der Waals surface area contributed by atoms with E-state index in [0.29, 0.717) is 0 Å². The molecule has 0 aromatic heterocycles. The van der Waals surface area contributed by atoms with Crippen molar-refractivity contribution in [2.24, 2.45) is 0 Å². The molecule has 50 heavy (non-hydrogen) atoms. The third-order valence-corrected chi connectivity index (χ3v) is 12.3. The van der Waals surface area contributed by atoms with Crippen LogP contribution in [0.5, 0.6) is 0 Å². The summed E-state index contributed by atoms with van der Waals surface area (Å²) < 4.78 is 0. The topological polar surface area (TPSA) is 3.24 Å². The largest absolute Gasteiger partial charge is 0.309 e. The van der Waals surface area contributed by atoms with Gasteiger partial charge in [0.2, 0.25) is 0 Å². The van der Waals surface area contributed by atoms with Crippen LogP contribution in [-0.4, -0.2) is 0 Å². The summed E-state index contributed by atoms with van der Waals surface area (Å²) in [6.07, 6.45) is 9.39. The monoisotopic (exact) mass is 643 g/mol. The zero-order valence-electron chi connectivity index (χ0n) is 29.3. The van der Waals surface area contributed by atoms with Gasteiger partial charge in [-0.05, 0) is 104 Å². The van der Waals surface area contributed by atoms with E-state index in [1.807, 2.05) is 0 Å². The molecule has 2 aliphatic heterocycles.